The Kier molecular flexibility index (Phi) is 5.56. The van der Waals surface area contributed by atoms with E-state index in [0.29, 0.717) is 11.0 Å². The van der Waals surface area contributed by atoms with Crippen molar-refractivity contribution in [1.82, 2.24) is 10.3 Å². The Morgan fingerprint density at radius 1 is 1.36 bits per heavy atom. The molecule has 1 aromatic carbocycles. The largest absolute Gasteiger partial charge is 0.316 e. The number of benzene rings is 1. The van der Waals surface area contributed by atoms with Crippen molar-refractivity contribution >= 4 is 34.8 Å². The first-order chi connectivity index (χ1) is 10.1. The molecule has 0 bridgehead atoms. The van der Waals surface area contributed by atoms with Crippen LogP contribution in [-0.2, 0) is 4.79 Å². The quantitative estimate of drug-likeness (QED) is 0.899. The van der Waals surface area contributed by atoms with Gasteiger partial charge in [0.15, 0.2) is 5.13 Å². The number of rotatable bonds is 4. The van der Waals surface area contributed by atoms with Crippen LogP contribution in [-0.4, -0.2) is 24.0 Å². The fourth-order valence-electron chi connectivity index (χ4n) is 2.29. The normalized spacial score (nSPS) is 15.5. The molecule has 3 rings (SSSR count). The topological polar surface area (TPSA) is 54.0 Å². The molecule has 1 fully saturated rings. The third-order valence-electron chi connectivity index (χ3n) is 4.02. The van der Waals surface area contributed by atoms with E-state index in [1.165, 1.54) is 16.9 Å². The van der Waals surface area contributed by atoms with Gasteiger partial charge in [0.25, 0.3) is 0 Å². The van der Waals surface area contributed by atoms with E-state index >= 15 is 0 Å². The summed E-state index contributed by atoms with van der Waals surface area (Å²) in [4.78, 5) is 16.7. The molecule has 1 aliphatic heterocycles. The number of nitrogens with one attached hydrogen (secondary N) is 2. The number of hydrogen-bond donors (Lipinski definition) is 2. The van der Waals surface area contributed by atoms with Crippen molar-refractivity contribution in [3.05, 3.63) is 35.2 Å². The van der Waals surface area contributed by atoms with Crippen molar-refractivity contribution in [2.75, 3.05) is 18.4 Å². The van der Waals surface area contributed by atoms with Gasteiger partial charge in [0.05, 0.1) is 5.69 Å². The van der Waals surface area contributed by atoms with Crippen LogP contribution in [0, 0.1) is 18.8 Å². The van der Waals surface area contributed by atoms with E-state index < -0.39 is 0 Å². The molecule has 1 aromatic heterocycles. The van der Waals surface area contributed by atoms with Crippen molar-refractivity contribution in [2.24, 2.45) is 11.8 Å². The molecule has 2 aromatic rings. The van der Waals surface area contributed by atoms with Crippen LogP contribution >= 0.6 is 23.7 Å². The molecule has 1 amide bonds. The van der Waals surface area contributed by atoms with Crippen LogP contribution < -0.4 is 10.6 Å². The van der Waals surface area contributed by atoms with Crippen molar-refractivity contribution in [2.45, 2.75) is 13.8 Å². The van der Waals surface area contributed by atoms with Gasteiger partial charge in [-0.15, -0.1) is 23.7 Å². The highest BCUT2D eigenvalue weighted by atomic mass is 35.5. The number of anilines is 1. The minimum absolute atomic E-state index is 0. The van der Waals surface area contributed by atoms with Gasteiger partial charge in [-0.25, -0.2) is 4.98 Å². The Morgan fingerprint density at radius 3 is 2.64 bits per heavy atom. The second-order valence-corrected chi connectivity index (χ2v) is 6.46. The number of aryl methyl sites for hydroxylation is 1. The summed E-state index contributed by atoms with van der Waals surface area (Å²) in [5.41, 5.74) is 3.22. The van der Waals surface area contributed by atoms with Gasteiger partial charge in [-0.2, -0.15) is 0 Å². The monoisotopic (exact) mass is 337 g/mol. The van der Waals surface area contributed by atoms with E-state index in [-0.39, 0.29) is 24.2 Å². The number of carbonyl (C=O) groups excluding carboxylic acids is 1. The first kappa shape index (κ1) is 16.9. The maximum absolute atomic E-state index is 12.2. The molecule has 6 heteroatoms. The summed E-state index contributed by atoms with van der Waals surface area (Å²) in [6.45, 7) is 5.91. The van der Waals surface area contributed by atoms with Gasteiger partial charge < -0.3 is 10.6 Å². The first-order valence-electron chi connectivity index (χ1n) is 7.17. The molecular formula is C16H20ClN3OS. The van der Waals surface area contributed by atoms with E-state index in [2.05, 4.69) is 46.8 Å². The first-order valence-corrected chi connectivity index (χ1v) is 8.05. The predicted molar refractivity (Wildman–Crippen MR) is 93.7 cm³/mol. The minimum atomic E-state index is 0. The summed E-state index contributed by atoms with van der Waals surface area (Å²) < 4.78 is 0. The van der Waals surface area contributed by atoms with E-state index in [9.17, 15) is 4.79 Å². The van der Waals surface area contributed by atoms with Crippen molar-refractivity contribution in [1.29, 1.82) is 0 Å². The van der Waals surface area contributed by atoms with Crippen molar-refractivity contribution in [3.63, 3.8) is 0 Å². The number of amides is 1. The van der Waals surface area contributed by atoms with Gasteiger partial charge in [-0.3, -0.25) is 4.79 Å². The van der Waals surface area contributed by atoms with Crippen LogP contribution in [0.25, 0.3) is 11.3 Å². The van der Waals surface area contributed by atoms with Gasteiger partial charge in [-0.1, -0.05) is 36.8 Å². The molecule has 0 aliphatic carbocycles. The molecule has 4 nitrogen and oxygen atoms in total. The fraction of sp³-hybridized carbons (Fsp3) is 0.375. The third-order valence-corrected chi connectivity index (χ3v) is 4.77. The Bertz CT molecular complexity index is 637. The lowest BCUT2D eigenvalue weighted by Gasteiger charge is -2.31. The van der Waals surface area contributed by atoms with Crippen LogP contribution in [0.1, 0.15) is 12.5 Å². The van der Waals surface area contributed by atoms with Crippen molar-refractivity contribution < 1.29 is 4.79 Å². The number of aromatic nitrogens is 1. The SMILES string of the molecule is Cc1ccc(-c2csc(NC(=O)C(C)C3CNC3)n2)cc1.Cl. The molecule has 118 valence electrons. The molecule has 2 heterocycles. The second-order valence-electron chi connectivity index (χ2n) is 5.60. The van der Waals surface area contributed by atoms with Gasteiger partial charge in [0.1, 0.15) is 0 Å². The number of nitrogens with zero attached hydrogens (tertiary/aromatic N) is 1. The highest BCUT2D eigenvalue weighted by Gasteiger charge is 2.29. The van der Waals surface area contributed by atoms with Crippen LogP contribution in [0.4, 0.5) is 5.13 Å². The summed E-state index contributed by atoms with van der Waals surface area (Å²) in [5.74, 6) is 0.533. The van der Waals surface area contributed by atoms with Crippen LogP contribution in [0.5, 0.6) is 0 Å². The Labute approximate surface area is 140 Å². The van der Waals surface area contributed by atoms with Gasteiger partial charge in [0.2, 0.25) is 5.91 Å². The van der Waals surface area contributed by atoms with E-state index in [0.717, 1.165) is 24.3 Å². The lowest BCUT2D eigenvalue weighted by molar-refractivity contribution is -0.121. The third kappa shape index (κ3) is 3.66. The smallest absolute Gasteiger partial charge is 0.229 e. The summed E-state index contributed by atoms with van der Waals surface area (Å²) in [6, 6.07) is 8.24. The van der Waals surface area contributed by atoms with E-state index in [4.69, 9.17) is 0 Å². The number of carbonyl (C=O) groups is 1. The summed E-state index contributed by atoms with van der Waals surface area (Å²) in [7, 11) is 0. The van der Waals surface area contributed by atoms with Crippen LogP contribution in [0.3, 0.4) is 0 Å². The molecule has 1 atom stereocenters. The minimum Gasteiger partial charge on any atom is -0.316 e. The van der Waals surface area contributed by atoms with Crippen LogP contribution in [0.2, 0.25) is 0 Å². The molecule has 1 aliphatic rings. The predicted octanol–water partition coefficient (Wildman–Crippen LogP) is 3.33. The van der Waals surface area contributed by atoms with Crippen molar-refractivity contribution in [3.8, 4) is 11.3 Å². The zero-order valence-corrected chi connectivity index (χ0v) is 14.3. The molecule has 0 radical (unpaired) electrons. The standard InChI is InChI=1S/C16H19N3OS.ClH/c1-10-3-5-12(6-4-10)14-9-21-16(18-14)19-15(20)11(2)13-7-17-8-13;/h3-6,9,11,13,17H,7-8H2,1-2H3,(H,18,19,20);1H. The van der Waals surface area contributed by atoms with E-state index in [1.54, 1.807) is 0 Å². The highest BCUT2D eigenvalue weighted by Crippen LogP contribution is 2.26. The average molecular weight is 338 g/mol. The van der Waals surface area contributed by atoms with E-state index in [1.807, 2.05) is 12.3 Å². The lowest BCUT2D eigenvalue weighted by Crippen LogP contribution is -2.48. The highest BCUT2D eigenvalue weighted by molar-refractivity contribution is 7.14. The molecule has 2 N–H and O–H groups in total. The van der Waals surface area contributed by atoms with Gasteiger partial charge in [-0.05, 0) is 25.9 Å². The Balaban J connectivity index is 0.00000176. The second kappa shape index (κ2) is 7.22. The molecule has 1 saturated heterocycles. The molecule has 22 heavy (non-hydrogen) atoms. The lowest BCUT2D eigenvalue weighted by atomic mass is 9.88. The number of thiazole rings is 1. The maximum Gasteiger partial charge on any atom is 0.229 e. The van der Waals surface area contributed by atoms with Gasteiger partial charge in [0, 0.05) is 16.9 Å². The summed E-state index contributed by atoms with van der Waals surface area (Å²) >= 11 is 1.47. The van der Waals surface area contributed by atoms with Gasteiger partial charge >= 0.3 is 0 Å². The average Bonchev–Trinajstić information content (AvgIpc) is 2.86. The zero-order chi connectivity index (χ0) is 14.8. The molecule has 0 saturated carbocycles. The summed E-state index contributed by atoms with van der Waals surface area (Å²) in [6.07, 6.45) is 0. The maximum atomic E-state index is 12.2. The summed E-state index contributed by atoms with van der Waals surface area (Å²) in [5, 5.41) is 8.79. The Hall–Kier alpha value is -1.43. The van der Waals surface area contributed by atoms with Crippen LogP contribution in [0.15, 0.2) is 29.6 Å². The zero-order valence-electron chi connectivity index (χ0n) is 12.6. The molecule has 0 spiro atoms. The molecular weight excluding hydrogens is 318 g/mol. The number of halogens is 1. The fourth-order valence-corrected chi connectivity index (χ4v) is 3.01. The Morgan fingerprint density at radius 2 is 2.05 bits per heavy atom. The number of hydrogen-bond acceptors (Lipinski definition) is 4. The molecule has 1 unspecified atom stereocenters.